The molecule has 2 aromatic rings. The zero-order chi connectivity index (χ0) is 16.7. The third-order valence-corrected chi connectivity index (χ3v) is 3.40. The first-order valence-corrected chi connectivity index (χ1v) is 7.63. The van der Waals surface area contributed by atoms with Gasteiger partial charge >= 0.3 is 0 Å². The Morgan fingerprint density at radius 3 is 2.23 bits per heavy atom. The van der Waals surface area contributed by atoms with Crippen molar-refractivity contribution in [2.45, 2.75) is 18.7 Å². The summed E-state index contributed by atoms with van der Waals surface area (Å²) in [4.78, 5) is 0.331. The van der Waals surface area contributed by atoms with E-state index in [9.17, 15) is 13.2 Å². The minimum atomic E-state index is -2.08. The number of hydrogen-bond acceptors (Lipinski definition) is 4. The van der Waals surface area contributed by atoms with Gasteiger partial charge in [0.2, 0.25) is 5.95 Å². The lowest BCUT2D eigenvalue weighted by Crippen LogP contribution is -2.06. The largest absolute Gasteiger partial charge is 0.768 e. The van der Waals surface area contributed by atoms with E-state index in [1.165, 1.54) is 4.68 Å². The van der Waals surface area contributed by atoms with Crippen molar-refractivity contribution >= 4 is 16.8 Å². The van der Waals surface area contributed by atoms with E-state index in [0.717, 1.165) is 11.3 Å². The number of hydrogen-bond donors (Lipinski definition) is 1. The van der Waals surface area contributed by atoms with Gasteiger partial charge in [-0.1, -0.05) is 23.8 Å². The summed E-state index contributed by atoms with van der Waals surface area (Å²) in [5, 5.41) is 6.60. The molecule has 1 unspecified atom stereocenters. The number of benzene rings is 1. The second-order valence-electron chi connectivity index (χ2n) is 4.68. The zero-order valence-electron chi connectivity index (χ0n) is 13.0. The molecule has 1 aromatic heterocycles. The molecule has 120 valence electrons. The van der Waals surface area contributed by atoms with E-state index in [1.54, 1.807) is 50.6 Å². The van der Waals surface area contributed by atoms with Crippen molar-refractivity contribution in [3.8, 4) is 0 Å². The molecule has 0 aliphatic heterocycles. The molecule has 1 aromatic carbocycles. The highest BCUT2D eigenvalue weighted by Gasteiger charge is 2.11. The Morgan fingerprint density at radius 2 is 1.91 bits per heavy atom. The molecule has 0 aliphatic rings. The van der Waals surface area contributed by atoms with Crippen LogP contribution in [-0.4, -0.2) is 25.6 Å². The predicted molar refractivity (Wildman–Crippen MR) is 84.1 cm³/mol. The number of aromatic nitrogens is 2. The van der Waals surface area contributed by atoms with Crippen LogP contribution in [0.5, 0.6) is 0 Å². The van der Waals surface area contributed by atoms with Gasteiger partial charge in [-0.25, -0.2) is 0 Å². The van der Waals surface area contributed by atoms with Gasteiger partial charge in [-0.15, -0.1) is 5.10 Å². The van der Waals surface area contributed by atoms with Crippen LogP contribution in [-0.2, 0) is 18.1 Å². The van der Waals surface area contributed by atoms with Crippen LogP contribution in [0.15, 0.2) is 47.0 Å². The molecule has 0 aliphatic carbocycles. The Kier molecular flexibility index (Phi) is 6.94. The number of halogens is 1. The van der Waals surface area contributed by atoms with Gasteiger partial charge in [-0.05, 0) is 37.1 Å². The minimum absolute atomic E-state index is 0.331. The fraction of sp³-hybridized carbons (Fsp3) is 0.267. The minimum Gasteiger partial charge on any atom is -0.768 e. The number of nitrogens with one attached hydrogen (secondary N) is 1. The first-order valence-electron chi connectivity index (χ1n) is 6.55. The van der Waals surface area contributed by atoms with Crippen LogP contribution < -0.4 is 5.32 Å². The SMILES string of the molecule is CNC(=C(C)C)c1cn(C)nc1F.O=S([O-])c1ccccc1. The smallest absolute Gasteiger partial charge is 0.241 e. The van der Waals surface area contributed by atoms with E-state index in [1.807, 2.05) is 13.8 Å². The van der Waals surface area contributed by atoms with Gasteiger partial charge in [-0.2, -0.15) is 4.39 Å². The molecular formula is C15H19FN3O2S-. The molecule has 1 atom stereocenters. The maximum absolute atomic E-state index is 13.2. The summed E-state index contributed by atoms with van der Waals surface area (Å²) in [7, 11) is 3.47. The van der Waals surface area contributed by atoms with Crippen molar-refractivity contribution in [3.05, 3.63) is 53.6 Å². The molecule has 0 amide bonds. The third-order valence-electron chi connectivity index (χ3n) is 2.74. The van der Waals surface area contributed by atoms with Crippen LogP contribution in [0.4, 0.5) is 4.39 Å². The van der Waals surface area contributed by atoms with Crippen LogP contribution in [0.2, 0.25) is 0 Å². The number of aryl methyl sites for hydroxylation is 1. The first kappa shape index (κ1) is 18.1. The molecule has 1 heterocycles. The van der Waals surface area contributed by atoms with E-state index in [4.69, 9.17) is 0 Å². The monoisotopic (exact) mass is 324 g/mol. The van der Waals surface area contributed by atoms with E-state index in [-0.39, 0.29) is 0 Å². The number of nitrogens with zero attached hydrogens (tertiary/aromatic N) is 2. The van der Waals surface area contributed by atoms with Crippen LogP contribution in [0.25, 0.3) is 5.70 Å². The highest BCUT2D eigenvalue weighted by atomic mass is 32.2. The standard InChI is InChI=1S/C9H14FN3.C6H6O2S/c1-6(2)8(11-3)7-5-13(4)12-9(7)10;7-9(8)6-4-2-1-3-5-6/h5,11H,1-4H3;1-5H,(H,7,8)/p-1. The summed E-state index contributed by atoms with van der Waals surface area (Å²) in [6, 6.07) is 8.23. The Hall–Kier alpha value is -1.99. The lowest BCUT2D eigenvalue weighted by atomic mass is 10.1. The maximum atomic E-state index is 13.2. The second-order valence-corrected chi connectivity index (χ2v) is 5.62. The van der Waals surface area contributed by atoms with Crippen molar-refractivity contribution in [3.63, 3.8) is 0 Å². The van der Waals surface area contributed by atoms with Crippen LogP contribution in [0.3, 0.4) is 0 Å². The van der Waals surface area contributed by atoms with Gasteiger partial charge in [0, 0.05) is 30.9 Å². The fourth-order valence-corrected chi connectivity index (χ4v) is 2.19. The topological polar surface area (TPSA) is 70.0 Å². The summed E-state index contributed by atoms with van der Waals surface area (Å²) < 4.78 is 35.1. The molecule has 0 radical (unpaired) electrons. The van der Waals surface area contributed by atoms with E-state index >= 15 is 0 Å². The maximum Gasteiger partial charge on any atom is 0.241 e. The molecule has 0 saturated carbocycles. The molecule has 22 heavy (non-hydrogen) atoms. The van der Waals surface area contributed by atoms with Crippen molar-refractivity contribution in [2.75, 3.05) is 7.05 Å². The summed E-state index contributed by atoms with van der Waals surface area (Å²) in [5.74, 6) is -0.437. The number of rotatable bonds is 3. The van der Waals surface area contributed by atoms with Crippen LogP contribution in [0, 0.1) is 5.95 Å². The quantitative estimate of drug-likeness (QED) is 0.881. The molecule has 0 saturated heterocycles. The summed E-state index contributed by atoms with van der Waals surface area (Å²) in [6.07, 6.45) is 1.66. The zero-order valence-corrected chi connectivity index (χ0v) is 13.8. The summed E-state index contributed by atoms with van der Waals surface area (Å²) >= 11 is -2.08. The van der Waals surface area contributed by atoms with Gasteiger partial charge in [-0.3, -0.25) is 8.89 Å². The normalized spacial score (nSPS) is 11.2. The molecule has 5 nitrogen and oxygen atoms in total. The third kappa shape index (κ3) is 5.09. The van der Waals surface area contributed by atoms with E-state index in [2.05, 4.69) is 10.4 Å². The van der Waals surface area contributed by atoms with Gasteiger partial charge in [0.1, 0.15) is 0 Å². The van der Waals surface area contributed by atoms with Gasteiger partial charge < -0.3 is 9.87 Å². The Morgan fingerprint density at radius 1 is 1.32 bits per heavy atom. The van der Waals surface area contributed by atoms with Crippen molar-refractivity contribution in [2.24, 2.45) is 7.05 Å². The molecule has 7 heteroatoms. The average Bonchev–Trinajstić information content (AvgIpc) is 2.80. The van der Waals surface area contributed by atoms with Crippen molar-refractivity contribution < 1.29 is 13.2 Å². The molecule has 0 bridgehead atoms. The van der Waals surface area contributed by atoms with Crippen molar-refractivity contribution in [1.82, 2.24) is 15.1 Å². The lowest BCUT2D eigenvalue weighted by Gasteiger charge is -2.05. The van der Waals surface area contributed by atoms with Crippen LogP contribution in [0.1, 0.15) is 19.4 Å². The predicted octanol–water partition coefficient (Wildman–Crippen LogP) is 2.45. The second kappa shape index (κ2) is 8.45. The summed E-state index contributed by atoms with van der Waals surface area (Å²) in [5.41, 5.74) is 2.35. The molecule has 2 rings (SSSR count). The number of allylic oxidation sites excluding steroid dienone is 1. The first-order chi connectivity index (χ1) is 10.4. The lowest BCUT2D eigenvalue weighted by molar-refractivity contribution is 0.537. The average molecular weight is 324 g/mol. The Labute approximate surface area is 132 Å². The highest BCUT2D eigenvalue weighted by Crippen LogP contribution is 2.17. The highest BCUT2D eigenvalue weighted by molar-refractivity contribution is 7.79. The molecule has 0 spiro atoms. The molecule has 1 N–H and O–H groups in total. The van der Waals surface area contributed by atoms with Gasteiger partial charge in [0.05, 0.1) is 5.56 Å². The Balaban J connectivity index is 0.000000235. The summed E-state index contributed by atoms with van der Waals surface area (Å²) in [6.45, 7) is 3.86. The Bertz CT molecular complexity index is 665. The molecular weight excluding hydrogens is 305 g/mol. The van der Waals surface area contributed by atoms with E-state index in [0.29, 0.717) is 10.5 Å². The fourth-order valence-electron chi connectivity index (χ4n) is 1.81. The van der Waals surface area contributed by atoms with E-state index < -0.39 is 17.0 Å². The van der Waals surface area contributed by atoms with Gasteiger partial charge in [0.15, 0.2) is 0 Å². The van der Waals surface area contributed by atoms with Crippen LogP contribution >= 0.6 is 0 Å². The van der Waals surface area contributed by atoms with Crippen molar-refractivity contribution in [1.29, 1.82) is 0 Å². The van der Waals surface area contributed by atoms with Gasteiger partial charge in [0.25, 0.3) is 0 Å². The molecule has 0 fully saturated rings.